The maximum Gasteiger partial charge on any atom is 0.234 e. The Bertz CT molecular complexity index is 480. The summed E-state index contributed by atoms with van der Waals surface area (Å²) in [6.07, 6.45) is 5.73. The van der Waals surface area contributed by atoms with Gasteiger partial charge in [-0.15, -0.1) is 0 Å². The van der Waals surface area contributed by atoms with Crippen LogP contribution < -0.4 is 10.5 Å². The average molecular weight is 344 g/mol. The van der Waals surface area contributed by atoms with Crippen LogP contribution in [-0.4, -0.2) is 22.6 Å². The Morgan fingerprint density at radius 2 is 2.40 bits per heavy atom. The van der Waals surface area contributed by atoms with Gasteiger partial charge in [-0.3, -0.25) is 15.1 Å². The molecule has 0 fully saturated rings. The van der Waals surface area contributed by atoms with Crippen LogP contribution in [0.1, 0.15) is 25.5 Å². The van der Waals surface area contributed by atoms with Gasteiger partial charge in [0.1, 0.15) is 11.9 Å². The molecule has 0 aliphatic rings. The van der Waals surface area contributed by atoms with E-state index in [1.807, 2.05) is 13.0 Å². The highest BCUT2D eigenvalue weighted by atomic mass is 79.9. The predicted octanol–water partition coefficient (Wildman–Crippen LogP) is 2.68. The Morgan fingerprint density at radius 1 is 1.65 bits per heavy atom. The molecule has 0 saturated carbocycles. The molecule has 0 aromatic carbocycles. The molecule has 6 nitrogen and oxygen atoms in total. The summed E-state index contributed by atoms with van der Waals surface area (Å²) >= 11 is 3.42. The predicted molar refractivity (Wildman–Crippen MR) is 80.2 cm³/mol. The number of hydrogen-bond donors (Lipinski definition) is 1. The molecule has 0 amide bonds. The summed E-state index contributed by atoms with van der Waals surface area (Å²) in [5, 5.41) is 10.4. The summed E-state index contributed by atoms with van der Waals surface area (Å²) in [7, 11) is 0. The van der Waals surface area contributed by atoms with Gasteiger partial charge in [-0.25, -0.2) is 0 Å². The smallest absolute Gasteiger partial charge is 0.234 e. The number of ether oxygens (including phenoxy) is 1. The number of aromatic nitrogens is 1. The Hall–Kier alpha value is -1.47. The van der Waals surface area contributed by atoms with E-state index in [1.165, 1.54) is 6.08 Å². The monoisotopic (exact) mass is 343 g/mol. The lowest BCUT2D eigenvalue weighted by Gasteiger charge is -2.15. The molecular weight excluding hydrogens is 326 g/mol. The lowest BCUT2D eigenvalue weighted by Crippen LogP contribution is -2.16. The third-order valence-corrected chi connectivity index (χ3v) is 3.32. The summed E-state index contributed by atoms with van der Waals surface area (Å²) in [5.74, 6) is 0.573. The molecular formula is C13H18BrN3O3. The van der Waals surface area contributed by atoms with Gasteiger partial charge < -0.3 is 10.5 Å². The Morgan fingerprint density at radius 3 is 2.95 bits per heavy atom. The van der Waals surface area contributed by atoms with E-state index >= 15 is 0 Å². The third kappa shape index (κ3) is 5.66. The molecule has 1 atom stereocenters. The van der Waals surface area contributed by atoms with E-state index in [1.54, 1.807) is 6.20 Å². The van der Waals surface area contributed by atoms with Crippen LogP contribution in [0.25, 0.3) is 0 Å². The largest absolute Gasteiger partial charge is 0.484 e. The number of aryl methyl sites for hydroxylation is 1. The number of nitro groups is 1. The number of halogens is 1. The number of nitrogens with zero attached hydrogens (tertiary/aromatic N) is 2. The normalized spacial score (nSPS) is 12.6. The van der Waals surface area contributed by atoms with Crippen LogP contribution in [0.5, 0.6) is 5.75 Å². The van der Waals surface area contributed by atoms with Gasteiger partial charge >= 0.3 is 0 Å². The SMILES string of the molecule is CCc1ncc(OC(/C=C/[N+](=O)[O-])CCCN)cc1Br. The minimum absolute atomic E-state index is 0.384. The lowest BCUT2D eigenvalue weighted by molar-refractivity contribution is -0.402. The fourth-order valence-corrected chi connectivity index (χ4v) is 2.24. The summed E-state index contributed by atoms with van der Waals surface area (Å²) in [4.78, 5) is 14.2. The molecule has 1 unspecified atom stereocenters. The van der Waals surface area contributed by atoms with E-state index < -0.39 is 4.92 Å². The van der Waals surface area contributed by atoms with E-state index in [-0.39, 0.29) is 6.10 Å². The Kier molecular flexibility index (Phi) is 7.17. The molecule has 1 aromatic rings. The van der Waals surface area contributed by atoms with Crippen molar-refractivity contribution in [3.05, 3.63) is 44.8 Å². The first-order valence-electron chi connectivity index (χ1n) is 6.39. The van der Waals surface area contributed by atoms with Crippen molar-refractivity contribution in [2.75, 3.05) is 6.54 Å². The highest BCUT2D eigenvalue weighted by Gasteiger charge is 2.10. The van der Waals surface area contributed by atoms with E-state index in [0.29, 0.717) is 18.7 Å². The van der Waals surface area contributed by atoms with Gasteiger partial charge in [0.25, 0.3) is 0 Å². The van der Waals surface area contributed by atoms with E-state index in [9.17, 15) is 10.1 Å². The molecule has 7 heteroatoms. The molecule has 0 radical (unpaired) electrons. The topological polar surface area (TPSA) is 91.3 Å². The van der Waals surface area contributed by atoms with Crippen molar-refractivity contribution in [2.45, 2.75) is 32.3 Å². The van der Waals surface area contributed by atoms with Crippen molar-refractivity contribution in [3.8, 4) is 5.75 Å². The van der Waals surface area contributed by atoms with Gasteiger partial charge in [-0.2, -0.15) is 0 Å². The molecule has 0 aliphatic heterocycles. The second-order valence-electron chi connectivity index (χ2n) is 4.17. The Labute approximate surface area is 126 Å². The minimum Gasteiger partial charge on any atom is -0.484 e. The van der Waals surface area contributed by atoms with Crippen molar-refractivity contribution in [3.63, 3.8) is 0 Å². The zero-order valence-electron chi connectivity index (χ0n) is 11.3. The molecule has 0 saturated heterocycles. The van der Waals surface area contributed by atoms with Crippen molar-refractivity contribution < 1.29 is 9.66 Å². The molecule has 1 aromatic heterocycles. The fraction of sp³-hybridized carbons (Fsp3) is 0.462. The zero-order valence-corrected chi connectivity index (χ0v) is 12.9. The number of pyridine rings is 1. The van der Waals surface area contributed by atoms with Gasteiger partial charge in [0.2, 0.25) is 6.20 Å². The third-order valence-electron chi connectivity index (χ3n) is 2.63. The van der Waals surface area contributed by atoms with Gasteiger partial charge in [0.05, 0.1) is 16.8 Å². The minimum atomic E-state index is -0.507. The second-order valence-corrected chi connectivity index (χ2v) is 5.02. The van der Waals surface area contributed by atoms with Crippen molar-refractivity contribution >= 4 is 15.9 Å². The summed E-state index contributed by atoms with van der Waals surface area (Å²) in [5.41, 5.74) is 6.40. The summed E-state index contributed by atoms with van der Waals surface area (Å²) in [6, 6.07) is 1.82. The van der Waals surface area contributed by atoms with Crippen molar-refractivity contribution in [1.29, 1.82) is 0 Å². The first-order chi connectivity index (χ1) is 9.56. The van der Waals surface area contributed by atoms with E-state index in [4.69, 9.17) is 10.5 Å². The van der Waals surface area contributed by atoms with E-state index in [2.05, 4.69) is 20.9 Å². The maximum absolute atomic E-state index is 10.4. The van der Waals surface area contributed by atoms with Crippen LogP contribution in [0, 0.1) is 10.1 Å². The molecule has 0 bridgehead atoms. The van der Waals surface area contributed by atoms with Crippen LogP contribution in [0.4, 0.5) is 0 Å². The number of rotatable bonds is 8. The van der Waals surface area contributed by atoms with Crippen molar-refractivity contribution in [2.24, 2.45) is 5.73 Å². The summed E-state index contributed by atoms with van der Waals surface area (Å²) < 4.78 is 6.58. The van der Waals surface area contributed by atoms with Crippen molar-refractivity contribution in [1.82, 2.24) is 4.98 Å². The van der Waals surface area contributed by atoms with Crippen LogP contribution in [0.15, 0.2) is 29.0 Å². The molecule has 110 valence electrons. The quantitative estimate of drug-likeness (QED) is 0.578. The standard InChI is InChI=1S/C13H18BrN3O3/c1-2-13-12(14)8-11(9-16-13)20-10(4-3-6-15)5-7-17(18)19/h5,7-10H,2-4,6,15H2,1H3/b7-5+. The van der Waals surface area contributed by atoms with Gasteiger partial charge in [-0.05, 0) is 47.8 Å². The molecule has 0 aliphatic carbocycles. The second kappa shape index (κ2) is 8.65. The fourth-order valence-electron chi connectivity index (χ4n) is 1.63. The van der Waals surface area contributed by atoms with Gasteiger partial charge in [0, 0.05) is 10.5 Å². The van der Waals surface area contributed by atoms with Gasteiger partial charge in [0.15, 0.2) is 0 Å². The van der Waals surface area contributed by atoms with Crippen LogP contribution in [-0.2, 0) is 6.42 Å². The first kappa shape index (κ1) is 16.6. The molecule has 20 heavy (non-hydrogen) atoms. The van der Waals surface area contributed by atoms with Crippen LogP contribution in [0.3, 0.4) is 0 Å². The first-order valence-corrected chi connectivity index (χ1v) is 7.19. The maximum atomic E-state index is 10.4. The molecule has 0 spiro atoms. The average Bonchev–Trinajstić information content (AvgIpc) is 2.42. The highest BCUT2D eigenvalue weighted by Crippen LogP contribution is 2.22. The van der Waals surface area contributed by atoms with Crippen LogP contribution in [0.2, 0.25) is 0 Å². The zero-order chi connectivity index (χ0) is 15.0. The lowest BCUT2D eigenvalue weighted by atomic mass is 10.2. The molecule has 2 N–H and O–H groups in total. The van der Waals surface area contributed by atoms with E-state index in [0.717, 1.165) is 29.2 Å². The number of hydrogen-bond acceptors (Lipinski definition) is 5. The molecule has 1 rings (SSSR count). The Balaban J connectivity index is 2.77. The molecule has 1 heterocycles. The number of nitrogens with two attached hydrogens (primary N) is 1. The van der Waals surface area contributed by atoms with Gasteiger partial charge in [-0.1, -0.05) is 6.92 Å². The summed E-state index contributed by atoms with van der Waals surface area (Å²) in [6.45, 7) is 2.53. The van der Waals surface area contributed by atoms with Crippen LogP contribution >= 0.6 is 15.9 Å². The highest BCUT2D eigenvalue weighted by molar-refractivity contribution is 9.10.